The van der Waals surface area contributed by atoms with E-state index < -0.39 is 0 Å². The van der Waals surface area contributed by atoms with Crippen molar-refractivity contribution in [2.75, 3.05) is 0 Å². The van der Waals surface area contributed by atoms with Gasteiger partial charge in [0.2, 0.25) is 0 Å². The van der Waals surface area contributed by atoms with Crippen LogP contribution in [0.3, 0.4) is 0 Å². The topological polar surface area (TPSA) is 0 Å². The molecule has 0 heteroatoms. The molecule has 0 aliphatic carbocycles. The normalized spacial score (nSPS) is 15.7. The lowest BCUT2D eigenvalue weighted by molar-refractivity contribution is 0.720. The fraction of sp³-hybridized carbons (Fsp3) is 0.625. The molecular weight excluding hydrogens is 384 g/mol. The van der Waals surface area contributed by atoms with Gasteiger partial charge in [0, 0.05) is 11.8 Å². The number of hydrogen-bond donors (Lipinski definition) is 0. The van der Waals surface area contributed by atoms with E-state index in [1.807, 2.05) is 0 Å². The average Bonchev–Trinajstić information content (AvgIpc) is 2.80. The van der Waals surface area contributed by atoms with Gasteiger partial charge in [0.25, 0.3) is 0 Å². The van der Waals surface area contributed by atoms with Gasteiger partial charge in [0.05, 0.1) is 0 Å². The molecule has 0 radical (unpaired) electrons. The van der Waals surface area contributed by atoms with Gasteiger partial charge >= 0.3 is 0 Å². The van der Waals surface area contributed by atoms with Crippen LogP contribution in [-0.4, -0.2) is 0 Å². The fourth-order valence-corrected chi connectivity index (χ4v) is 3.72. The molecule has 2 unspecified atom stereocenters. The van der Waals surface area contributed by atoms with E-state index in [-0.39, 0.29) is 0 Å². The monoisotopic (exact) mass is 438 g/mol. The van der Waals surface area contributed by atoms with Crippen LogP contribution in [0.5, 0.6) is 0 Å². The first-order valence-corrected chi connectivity index (χ1v) is 13.8. The Morgan fingerprint density at radius 2 is 0.969 bits per heavy atom. The largest absolute Gasteiger partial charge is 0.0879 e. The van der Waals surface area contributed by atoms with Gasteiger partial charge in [-0.25, -0.2) is 0 Å². The van der Waals surface area contributed by atoms with Gasteiger partial charge in [-0.1, -0.05) is 141 Å². The third kappa shape index (κ3) is 14.5. The molecule has 0 bridgehead atoms. The maximum absolute atomic E-state index is 2.47. The summed E-state index contributed by atoms with van der Waals surface area (Å²) in [5.74, 6) is 0.823. The van der Waals surface area contributed by atoms with E-state index in [2.05, 4.69) is 102 Å². The lowest BCUT2D eigenvalue weighted by atomic mass is 9.84. The Labute approximate surface area is 202 Å². The summed E-state index contributed by atoms with van der Waals surface area (Å²) in [4.78, 5) is 0. The minimum absolute atomic E-state index is 0.349. The molecule has 0 aromatic rings. The third-order valence-electron chi connectivity index (χ3n) is 5.73. The predicted molar refractivity (Wildman–Crippen MR) is 149 cm³/mol. The van der Waals surface area contributed by atoms with E-state index in [0.29, 0.717) is 11.8 Å². The molecule has 0 saturated heterocycles. The molecule has 0 N–H and O–H groups in total. The molecular formula is C32H54. The summed E-state index contributed by atoms with van der Waals surface area (Å²) >= 11 is 0. The van der Waals surface area contributed by atoms with Gasteiger partial charge in [0.15, 0.2) is 0 Å². The molecule has 0 fully saturated rings. The van der Waals surface area contributed by atoms with E-state index >= 15 is 0 Å². The summed E-state index contributed by atoms with van der Waals surface area (Å²) in [5.41, 5.74) is 2.99. The Kier molecular flexibility index (Phi) is 21.5. The summed E-state index contributed by atoms with van der Waals surface area (Å²) in [6.07, 6.45) is 38.5. The van der Waals surface area contributed by atoms with Crippen molar-refractivity contribution in [2.24, 2.45) is 11.8 Å². The SMILES string of the molecule is CCCC=CC(=C(C=CCCC)C(C=CCCC)CC)C(C=CCCC)C=CCCCC. The minimum Gasteiger partial charge on any atom is -0.0879 e. The molecule has 182 valence electrons. The summed E-state index contributed by atoms with van der Waals surface area (Å²) in [6.45, 7) is 13.7. The summed E-state index contributed by atoms with van der Waals surface area (Å²) in [6, 6.07) is 0. The van der Waals surface area contributed by atoms with Crippen LogP contribution in [0.4, 0.5) is 0 Å². The summed E-state index contributed by atoms with van der Waals surface area (Å²) in [5, 5.41) is 0. The van der Waals surface area contributed by atoms with Crippen molar-refractivity contribution in [1.29, 1.82) is 0 Å². The van der Waals surface area contributed by atoms with E-state index in [1.165, 1.54) is 62.5 Å². The number of allylic oxidation sites excluding steroid dienone is 12. The highest BCUT2D eigenvalue weighted by molar-refractivity contribution is 5.42. The second kappa shape index (κ2) is 22.6. The fourth-order valence-electron chi connectivity index (χ4n) is 3.72. The second-order valence-corrected chi connectivity index (χ2v) is 8.84. The highest BCUT2D eigenvalue weighted by atomic mass is 14.2. The average molecular weight is 439 g/mol. The smallest absolute Gasteiger partial charge is 0.0201 e. The van der Waals surface area contributed by atoms with Crippen molar-refractivity contribution in [1.82, 2.24) is 0 Å². The van der Waals surface area contributed by atoms with Gasteiger partial charge in [-0.15, -0.1) is 0 Å². The van der Waals surface area contributed by atoms with Crippen molar-refractivity contribution >= 4 is 0 Å². The van der Waals surface area contributed by atoms with Crippen LogP contribution in [0.25, 0.3) is 0 Å². The highest BCUT2D eigenvalue weighted by Gasteiger charge is 2.16. The predicted octanol–water partition coefficient (Wildman–Crippen LogP) is 11.1. The lowest BCUT2D eigenvalue weighted by Gasteiger charge is -2.21. The van der Waals surface area contributed by atoms with Crippen molar-refractivity contribution in [3.05, 3.63) is 71.9 Å². The minimum atomic E-state index is 0.349. The molecule has 0 spiro atoms. The lowest BCUT2D eigenvalue weighted by Crippen LogP contribution is -2.07. The van der Waals surface area contributed by atoms with Crippen LogP contribution in [0.1, 0.15) is 119 Å². The van der Waals surface area contributed by atoms with Crippen LogP contribution in [0.2, 0.25) is 0 Å². The molecule has 0 saturated carbocycles. The van der Waals surface area contributed by atoms with E-state index in [1.54, 1.807) is 0 Å². The van der Waals surface area contributed by atoms with Crippen molar-refractivity contribution in [2.45, 2.75) is 119 Å². The number of rotatable bonds is 19. The van der Waals surface area contributed by atoms with Crippen LogP contribution < -0.4 is 0 Å². The van der Waals surface area contributed by atoms with Gasteiger partial charge in [-0.05, 0) is 49.7 Å². The van der Waals surface area contributed by atoms with Crippen LogP contribution in [-0.2, 0) is 0 Å². The number of hydrogen-bond acceptors (Lipinski definition) is 0. The highest BCUT2D eigenvalue weighted by Crippen LogP contribution is 2.30. The Hall–Kier alpha value is -1.56. The first-order valence-electron chi connectivity index (χ1n) is 13.8. The van der Waals surface area contributed by atoms with Crippen molar-refractivity contribution in [3.63, 3.8) is 0 Å². The molecule has 0 nitrogen and oxygen atoms in total. The number of unbranched alkanes of at least 4 members (excludes halogenated alkanes) is 6. The van der Waals surface area contributed by atoms with E-state index in [0.717, 1.165) is 25.7 Å². The molecule has 0 amide bonds. The molecule has 0 aliphatic heterocycles. The quantitative estimate of drug-likeness (QED) is 0.107. The van der Waals surface area contributed by atoms with Gasteiger partial charge in [0.1, 0.15) is 0 Å². The second-order valence-electron chi connectivity index (χ2n) is 8.84. The van der Waals surface area contributed by atoms with Crippen molar-refractivity contribution < 1.29 is 0 Å². The molecule has 0 rings (SSSR count). The molecule has 0 aromatic heterocycles. The zero-order valence-corrected chi connectivity index (χ0v) is 22.4. The summed E-state index contributed by atoms with van der Waals surface area (Å²) in [7, 11) is 0. The zero-order chi connectivity index (χ0) is 23.9. The van der Waals surface area contributed by atoms with Gasteiger partial charge in [-0.3, -0.25) is 0 Å². The molecule has 0 heterocycles. The molecule has 2 atom stereocenters. The first-order chi connectivity index (χ1) is 15.7. The molecule has 32 heavy (non-hydrogen) atoms. The Balaban J connectivity index is 6.53. The maximum Gasteiger partial charge on any atom is 0.0201 e. The molecule has 0 aliphatic rings. The van der Waals surface area contributed by atoms with Crippen LogP contribution >= 0.6 is 0 Å². The zero-order valence-electron chi connectivity index (χ0n) is 22.4. The third-order valence-corrected chi connectivity index (χ3v) is 5.73. The van der Waals surface area contributed by atoms with Crippen LogP contribution in [0.15, 0.2) is 71.9 Å². The Bertz CT molecular complexity index is 594. The van der Waals surface area contributed by atoms with Gasteiger partial charge in [-0.2, -0.15) is 0 Å². The maximum atomic E-state index is 2.47. The van der Waals surface area contributed by atoms with Crippen molar-refractivity contribution in [3.8, 4) is 0 Å². The molecule has 0 aromatic carbocycles. The summed E-state index contributed by atoms with van der Waals surface area (Å²) < 4.78 is 0. The standard InChI is InChI=1S/C32H54/c1-7-13-18-23-26-30(25-20-15-9-3)32(28-22-17-11-5)31(27-21-16-10-4)29(12-6)24-19-14-8-2/h19-30H,7-18H2,1-6H3. The van der Waals surface area contributed by atoms with Crippen LogP contribution in [0, 0.1) is 11.8 Å². The van der Waals surface area contributed by atoms with E-state index in [4.69, 9.17) is 0 Å². The Morgan fingerprint density at radius 1 is 0.500 bits per heavy atom. The van der Waals surface area contributed by atoms with Gasteiger partial charge < -0.3 is 0 Å². The first kappa shape index (κ1) is 30.4. The van der Waals surface area contributed by atoms with E-state index in [9.17, 15) is 0 Å². The Morgan fingerprint density at radius 3 is 1.47 bits per heavy atom.